The van der Waals surface area contributed by atoms with Crippen molar-refractivity contribution in [1.82, 2.24) is 4.90 Å². The first-order chi connectivity index (χ1) is 5.09. The van der Waals surface area contributed by atoms with Crippen LogP contribution < -0.4 is 0 Å². The van der Waals surface area contributed by atoms with Gasteiger partial charge in [0.2, 0.25) is 0 Å². The Kier molecular flexibility index (Phi) is 10.3. The second kappa shape index (κ2) is 8.22. The fourth-order valence-electron chi connectivity index (χ4n) is 1.03. The minimum absolute atomic E-state index is 0. The van der Waals surface area contributed by atoms with Gasteiger partial charge in [-0.05, 0) is 20.3 Å². The molecule has 0 bridgehead atoms. The maximum Gasteiger partial charge on any atom is 0.106 e. The molecule has 76 valence electrons. The van der Waals surface area contributed by atoms with Crippen LogP contribution in [0.3, 0.4) is 0 Å². The standard InChI is InChI=1S/C8H19NO2.HI/c1-4-5-6-9(7(2)10)8(3)11;/h7-8,10-11H,4-6H2,1-3H3;1H. The highest BCUT2D eigenvalue weighted by atomic mass is 127. The first-order valence-corrected chi connectivity index (χ1v) is 4.21. The summed E-state index contributed by atoms with van der Waals surface area (Å²) in [6.07, 6.45) is 0.981. The summed E-state index contributed by atoms with van der Waals surface area (Å²) in [6.45, 7) is 6.18. The Morgan fingerprint density at radius 3 is 1.83 bits per heavy atom. The lowest BCUT2D eigenvalue weighted by Gasteiger charge is -2.27. The topological polar surface area (TPSA) is 43.7 Å². The lowest BCUT2D eigenvalue weighted by atomic mass is 10.3. The molecule has 0 aliphatic rings. The van der Waals surface area contributed by atoms with Crippen LogP contribution in [0.1, 0.15) is 33.6 Å². The summed E-state index contributed by atoms with van der Waals surface area (Å²) in [5, 5.41) is 18.4. The number of unbranched alkanes of at least 4 members (excludes halogenated alkanes) is 1. The van der Waals surface area contributed by atoms with E-state index in [9.17, 15) is 10.2 Å². The molecule has 0 rings (SSSR count). The van der Waals surface area contributed by atoms with Crippen LogP contribution in [0.5, 0.6) is 0 Å². The van der Waals surface area contributed by atoms with Crippen LogP contribution in [0.4, 0.5) is 0 Å². The fourth-order valence-corrected chi connectivity index (χ4v) is 1.03. The molecule has 0 aromatic rings. The minimum atomic E-state index is -0.554. The van der Waals surface area contributed by atoms with Crippen molar-refractivity contribution in [3.05, 3.63) is 0 Å². The Hall–Kier alpha value is 0.610. The van der Waals surface area contributed by atoms with E-state index in [1.165, 1.54) is 0 Å². The molecule has 0 radical (unpaired) electrons. The summed E-state index contributed by atoms with van der Waals surface area (Å²) in [5.74, 6) is 0. The highest BCUT2D eigenvalue weighted by Crippen LogP contribution is 2.03. The van der Waals surface area contributed by atoms with Crippen LogP contribution in [0.2, 0.25) is 0 Å². The van der Waals surface area contributed by atoms with E-state index in [4.69, 9.17) is 0 Å². The third-order valence-electron chi connectivity index (χ3n) is 1.73. The van der Waals surface area contributed by atoms with Crippen molar-refractivity contribution in [3.8, 4) is 0 Å². The zero-order valence-electron chi connectivity index (χ0n) is 8.03. The van der Waals surface area contributed by atoms with Crippen LogP contribution >= 0.6 is 24.0 Å². The van der Waals surface area contributed by atoms with Gasteiger partial charge in [-0.2, -0.15) is 0 Å². The molecule has 0 aliphatic carbocycles. The van der Waals surface area contributed by atoms with Gasteiger partial charge < -0.3 is 10.2 Å². The van der Waals surface area contributed by atoms with Gasteiger partial charge in [-0.15, -0.1) is 24.0 Å². The molecule has 2 unspecified atom stereocenters. The average molecular weight is 289 g/mol. The van der Waals surface area contributed by atoms with E-state index in [2.05, 4.69) is 6.92 Å². The normalized spacial score (nSPS) is 15.5. The van der Waals surface area contributed by atoms with Crippen LogP contribution in [-0.4, -0.2) is 34.1 Å². The van der Waals surface area contributed by atoms with Gasteiger partial charge in [0.05, 0.1) is 0 Å². The number of nitrogens with zero attached hydrogens (tertiary/aromatic N) is 1. The maximum absolute atomic E-state index is 9.18. The lowest BCUT2D eigenvalue weighted by Crippen LogP contribution is -2.40. The van der Waals surface area contributed by atoms with Gasteiger partial charge >= 0.3 is 0 Å². The van der Waals surface area contributed by atoms with Crippen molar-refractivity contribution in [2.75, 3.05) is 6.54 Å². The third kappa shape index (κ3) is 6.16. The Labute approximate surface area is 91.8 Å². The van der Waals surface area contributed by atoms with Crippen molar-refractivity contribution in [1.29, 1.82) is 0 Å². The number of rotatable bonds is 5. The molecule has 12 heavy (non-hydrogen) atoms. The van der Waals surface area contributed by atoms with Crippen molar-refractivity contribution >= 4 is 24.0 Å². The molecule has 2 N–H and O–H groups in total. The average Bonchev–Trinajstić information content (AvgIpc) is 1.87. The Morgan fingerprint density at radius 2 is 1.58 bits per heavy atom. The second-order valence-electron chi connectivity index (χ2n) is 2.86. The van der Waals surface area contributed by atoms with Gasteiger partial charge in [0.25, 0.3) is 0 Å². The molecule has 4 heteroatoms. The molecule has 0 spiro atoms. The third-order valence-corrected chi connectivity index (χ3v) is 1.73. The summed E-state index contributed by atoms with van der Waals surface area (Å²) < 4.78 is 0. The number of aliphatic hydroxyl groups excluding tert-OH is 2. The van der Waals surface area contributed by atoms with E-state index in [0.717, 1.165) is 19.4 Å². The highest BCUT2D eigenvalue weighted by Gasteiger charge is 2.14. The Morgan fingerprint density at radius 1 is 1.17 bits per heavy atom. The molecule has 0 saturated heterocycles. The maximum atomic E-state index is 9.18. The highest BCUT2D eigenvalue weighted by molar-refractivity contribution is 14.0. The van der Waals surface area contributed by atoms with Crippen molar-refractivity contribution in [2.45, 2.75) is 46.1 Å². The SMILES string of the molecule is CCCCN(C(C)O)C(C)O.I. The number of halogens is 1. The molecular weight excluding hydrogens is 269 g/mol. The number of aliphatic hydroxyl groups is 2. The smallest absolute Gasteiger partial charge is 0.106 e. The molecule has 0 amide bonds. The van der Waals surface area contributed by atoms with Crippen LogP contribution in [0, 0.1) is 0 Å². The quantitative estimate of drug-likeness (QED) is 0.593. The predicted molar refractivity (Wildman–Crippen MR) is 60.4 cm³/mol. The molecule has 0 aromatic carbocycles. The van der Waals surface area contributed by atoms with E-state index < -0.39 is 12.5 Å². The number of hydrogen-bond donors (Lipinski definition) is 2. The van der Waals surface area contributed by atoms with E-state index in [1.807, 2.05) is 0 Å². The van der Waals surface area contributed by atoms with Gasteiger partial charge in [-0.3, -0.25) is 4.90 Å². The fraction of sp³-hybridized carbons (Fsp3) is 1.00. The van der Waals surface area contributed by atoms with E-state index in [1.54, 1.807) is 18.7 Å². The Balaban J connectivity index is 0. The Bertz CT molecular complexity index is 91.1. The van der Waals surface area contributed by atoms with E-state index >= 15 is 0 Å². The number of hydrogen-bond acceptors (Lipinski definition) is 3. The molecule has 0 aliphatic heterocycles. The van der Waals surface area contributed by atoms with Crippen LogP contribution in [0.25, 0.3) is 0 Å². The lowest BCUT2D eigenvalue weighted by molar-refractivity contribution is -0.0842. The summed E-state index contributed by atoms with van der Waals surface area (Å²) in [7, 11) is 0. The zero-order valence-corrected chi connectivity index (χ0v) is 10.4. The van der Waals surface area contributed by atoms with Gasteiger partial charge in [0.15, 0.2) is 0 Å². The second-order valence-corrected chi connectivity index (χ2v) is 2.86. The van der Waals surface area contributed by atoms with Gasteiger partial charge in [0.1, 0.15) is 12.5 Å². The molecule has 0 fully saturated rings. The molecule has 2 atom stereocenters. The molecule has 3 nitrogen and oxygen atoms in total. The predicted octanol–water partition coefficient (Wildman–Crippen LogP) is 1.38. The summed E-state index contributed by atoms with van der Waals surface area (Å²) in [4.78, 5) is 1.66. The summed E-state index contributed by atoms with van der Waals surface area (Å²) in [6, 6.07) is 0. The van der Waals surface area contributed by atoms with E-state index in [0.29, 0.717) is 0 Å². The van der Waals surface area contributed by atoms with Crippen LogP contribution in [0.15, 0.2) is 0 Å². The zero-order chi connectivity index (χ0) is 8.85. The van der Waals surface area contributed by atoms with Crippen molar-refractivity contribution < 1.29 is 10.2 Å². The first kappa shape index (κ1) is 15.1. The summed E-state index contributed by atoms with van der Waals surface area (Å²) >= 11 is 0. The first-order valence-electron chi connectivity index (χ1n) is 4.21. The molecule has 0 saturated carbocycles. The van der Waals surface area contributed by atoms with E-state index in [-0.39, 0.29) is 24.0 Å². The molecule has 0 aromatic heterocycles. The van der Waals surface area contributed by atoms with Crippen LogP contribution in [-0.2, 0) is 0 Å². The van der Waals surface area contributed by atoms with Gasteiger partial charge in [-0.25, -0.2) is 0 Å². The van der Waals surface area contributed by atoms with Crippen molar-refractivity contribution in [2.24, 2.45) is 0 Å². The van der Waals surface area contributed by atoms with Crippen molar-refractivity contribution in [3.63, 3.8) is 0 Å². The minimum Gasteiger partial charge on any atom is -0.379 e. The van der Waals surface area contributed by atoms with Gasteiger partial charge in [0, 0.05) is 6.54 Å². The summed E-state index contributed by atoms with van der Waals surface area (Å²) in [5.41, 5.74) is 0. The molecule has 0 heterocycles. The molecular formula is C8H20INO2. The van der Waals surface area contributed by atoms with Gasteiger partial charge in [-0.1, -0.05) is 13.3 Å². The largest absolute Gasteiger partial charge is 0.379 e. The monoisotopic (exact) mass is 289 g/mol.